The van der Waals surface area contributed by atoms with Gasteiger partial charge in [0.15, 0.2) is 0 Å². The predicted octanol–water partition coefficient (Wildman–Crippen LogP) is 3.65. The highest BCUT2D eigenvalue weighted by molar-refractivity contribution is 7.87. The third-order valence-corrected chi connectivity index (χ3v) is 4.85. The van der Waals surface area contributed by atoms with Crippen LogP contribution < -0.4 is 4.18 Å². The second-order valence-electron chi connectivity index (χ2n) is 5.65. The zero-order chi connectivity index (χ0) is 18.3. The molecule has 2 aromatic rings. The number of carbonyl (C=O) groups excluding carboxylic acids is 1. The molecule has 0 unspecified atom stereocenters. The van der Waals surface area contributed by atoms with E-state index in [0.29, 0.717) is 25.9 Å². The maximum absolute atomic E-state index is 12.2. The number of esters is 1. The highest BCUT2D eigenvalue weighted by Gasteiger charge is 2.16. The van der Waals surface area contributed by atoms with Crippen LogP contribution in [0.4, 0.5) is 0 Å². The van der Waals surface area contributed by atoms with Crippen molar-refractivity contribution in [3.05, 3.63) is 59.7 Å². The molecule has 0 saturated carbocycles. The van der Waals surface area contributed by atoms with Gasteiger partial charge >= 0.3 is 16.1 Å². The minimum atomic E-state index is -3.84. The van der Waals surface area contributed by atoms with Crippen LogP contribution in [0.3, 0.4) is 0 Å². The molecule has 2 aromatic carbocycles. The molecule has 0 aromatic heterocycles. The number of hydrogen-bond acceptors (Lipinski definition) is 5. The molecule has 0 aliphatic carbocycles. The van der Waals surface area contributed by atoms with E-state index in [9.17, 15) is 13.2 Å². The Morgan fingerprint density at radius 1 is 1.00 bits per heavy atom. The zero-order valence-electron chi connectivity index (χ0n) is 14.4. The molecule has 0 atom stereocenters. The third kappa shape index (κ3) is 5.90. The Balaban J connectivity index is 1.93. The molecule has 0 spiro atoms. The van der Waals surface area contributed by atoms with Crippen molar-refractivity contribution in [1.82, 2.24) is 0 Å². The summed E-state index contributed by atoms with van der Waals surface area (Å²) in [4.78, 5) is 11.4. The van der Waals surface area contributed by atoms with E-state index in [1.165, 1.54) is 12.1 Å². The van der Waals surface area contributed by atoms with Crippen LogP contribution in [-0.4, -0.2) is 21.0 Å². The normalized spacial score (nSPS) is 11.1. The van der Waals surface area contributed by atoms with Gasteiger partial charge in [0.2, 0.25) is 0 Å². The molecular formula is C19H22O5S. The number of hydrogen-bond donors (Lipinski definition) is 0. The quantitative estimate of drug-likeness (QED) is 0.529. The second kappa shape index (κ2) is 8.67. The number of rotatable bonds is 8. The molecule has 0 fully saturated rings. The second-order valence-corrected chi connectivity index (χ2v) is 7.20. The van der Waals surface area contributed by atoms with E-state index in [-0.39, 0.29) is 16.6 Å². The van der Waals surface area contributed by atoms with E-state index >= 15 is 0 Å². The molecular weight excluding hydrogens is 340 g/mol. The van der Waals surface area contributed by atoms with Gasteiger partial charge in [-0.1, -0.05) is 29.8 Å². The smallest absolute Gasteiger partial charge is 0.339 e. The summed E-state index contributed by atoms with van der Waals surface area (Å²) >= 11 is 0. The fourth-order valence-corrected chi connectivity index (χ4v) is 3.19. The summed E-state index contributed by atoms with van der Waals surface area (Å²) in [5.74, 6) is 0.0568. The molecule has 0 radical (unpaired) electrons. The van der Waals surface area contributed by atoms with Crippen molar-refractivity contribution >= 4 is 16.1 Å². The molecule has 0 saturated heterocycles. The van der Waals surface area contributed by atoms with Crippen molar-refractivity contribution in [3.8, 4) is 5.75 Å². The van der Waals surface area contributed by atoms with Crippen LogP contribution in [0.1, 0.15) is 30.9 Å². The lowest BCUT2D eigenvalue weighted by Crippen LogP contribution is -2.09. The first-order valence-electron chi connectivity index (χ1n) is 8.16. The van der Waals surface area contributed by atoms with Crippen LogP contribution >= 0.6 is 0 Å². The van der Waals surface area contributed by atoms with Gasteiger partial charge in [0.05, 0.1) is 6.61 Å². The van der Waals surface area contributed by atoms with E-state index in [1.807, 2.05) is 6.92 Å². The van der Waals surface area contributed by atoms with Crippen molar-refractivity contribution in [3.63, 3.8) is 0 Å². The van der Waals surface area contributed by atoms with Gasteiger partial charge in [0.1, 0.15) is 10.6 Å². The summed E-state index contributed by atoms with van der Waals surface area (Å²) in [6, 6.07) is 13.3. The molecule has 2 rings (SSSR count). The Morgan fingerprint density at radius 2 is 1.64 bits per heavy atom. The highest BCUT2D eigenvalue weighted by atomic mass is 32.2. The molecule has 0 N–H and O–H groups in total. The summed E-state index contributed by atoms with van der Waals surface area (Å²) in [6.45, 7) is 4.06. The zero-order valence-corrected chi connectivity index (χ0v) is 15.2. The molecule has 134 valence electrons. The van der Waals surface area contributed by atoms with Crippen molar-refractivity contribution in [2.75, 3.05) is 6.61 Å². The largest absolute Gasteiger partial charge is 0.466 e. The molecule has 0 amide bonds. The minimum Gasteiger partial charge on any atom is -0.466 e. The summed E-state index contributed by atoms with van der Waals surface area (Å²) in [6.07, 6.45) is 1.76. The lowest BCUT2D eigenvalue weighted by atomic mass is 10.1. The monoisotopic (exact) mass is 362 g/mol. The van der Waals surface area contributed by atoms with Crippen molar-refractivity contribution < 1.29 is 22.1 Å². The van der Waals surface area contributed by atoms with E-state index in [2.05, 4.69) is 0 Å². The topological polar surface area (TPSA) is 69.7 Å². The lowest BCUT2D eigenvalue weighted by Gasteiger charge is -2.08. The summed E-state index contributed by atoms with van der Waals surface area (Å²) in [5, 5.41) is 0. The number of aryl methyl sites for hydroxylation is 2. The van der Waals surface area contributed by atoms with Gasteiger partial charge in [0, 0.05) is 6.42 Å². The van der Waals surface area contributed by atoms with Crippen LogP contribution in [-0.2, 0) is 26.1 Å². The summed E-state index contributed by atoms with van der Waals surface area (Å²) in [5.41, 5.74) is 1.98. The first-order valence-corrected chi connectivity index (χ1v) is 9.57. The van der Waals surface area contributed by atoms with Crippen LogP contribution in [0.5, 0.6) is 5.75 Å². The van der Waals surface area contributed by atoms with Gasteiger partial charge in [-0.15, -0.1) is 0 Å². The highest BCUT2D eigenvalue weighted by Crippen LogP contribution is 2.20. The molecule has 0 aliphatic rings. The molecule has 25 heavy (non-hydrogen) atoms. The van der Waals surface area contributed by atoms with Crippen molar-refractivity contribution in [1.29, 1.82) is 0 Å². The maximum Gasteiger partial charge on any atom is 0.339 e. The van der Waals surface area contributed by atoms with Crippen LogP contribution in [0.15, 0.2) is 53.4 Å². The first-order chi connectivity index (χ1) is 11.9. The van der Waals surface area contributed by atoms with Crippen molar-refractivity contribution in [2.45, 2.75) is 38.0 Å². The average Bonchev–Trinajstić information content (AvgIpc) is 2.57. The average molecular weight is 362 g/mol. The molecule has 5 nitrogen and oxygen atoms in total. The van der Waals surface area contributed by atoms with E-state index in [1.54, 1.807) is 43.3 Å². The number of carbonyl (C=O) groups is 1. The van der Waals surface area contributed by atoms with Crippen LogP contribution in [0.2, 0.25) is 0 Å². The predicted molar refractivity (Wildman–Crippen MR) is 95.0 cm³/mol. The summed E-state index contributed by atoms with van der Waals surface area (Å²) in [7, 11) is -3.84. The van der Waals surface area contributed by atoms with Gasteiger partial charge in [-0.25, -0.2) is 0 Å². The Labute approximate surface area is 148 Å². The maximum atomic E-state index is 12.2. The van der Waals surface area contributed by atoms with Crippen LogP contribution in [0.25, 0.3) is 0 Å². The van der Waals surface area contributed by atoms with Gasteiger partial charge < -0.3 is 8.92 Å². The van der Waals surface area contributed by atoms with E-state index < -0.39 is 10.1 Å². The van der Waals surface area contributed by atoms with Gasteiger partial charge in [-0.05, 0) is 56.5 Å². The lowest BCUT2D eigenvalue weighted by molar-refractivity contribution is -0.143. The standard InChI is InChI=1S/C19H22O5S/c1-3-23-19(20)6-4-5-16-9-11-17(12-10-16)24-25(21,22)18-13-7-15(2)8-14-18/h7-14H,3-6H2,1-2H3. The fraction of sp³-hybridized carbons (Fsp3) is 0.316. The van der Waals surface area contributed by atoms with Gasteiger partial charge in [-0.2, -0.15) is 8.42 Å². The molecule has 0 heterocycles. The number of ether oxygens (including phenoxy) is 1. The number of benzene rings is 2. The van der Waals surface area contributed by atoms with Gasteiger partial charge in [-0.3, -0.25) is 4.79 Å². The van der Waals surface area contributed by atoms with Gasteiger partial charge in [0.25, 0.3) is 0 Å². The molecule has 0 aliphatic heterocycles. The Hall–Kier alpha value is -2.34. The Morgan fingerprint density at radius 3 is 2.24 bits per heavy atom. The van der Waals surface area contributed by atoms with E-state index in [4.69, 9.17) is 8.92 Å². The Kier molecular flexibility index (Phi) is 6.58. The minimum absolute atomic E-state index is 0.122. The Bertz CT molecular complexity index is 793. The third-order valence-electron chi connectivity index (χ3n) is 3.59. The van der Waals surface area contributed by atoms with Crippen LogP contribution in [0, 0.1) is 6.92 Å². The summed E-state index contributed by atoms with van der Waals surface area (Å²) < 4.78 is 34.5. The first kappa shape index (κ1) is 19.0. The SMILES string of the molecule is CCOC(=O)CCCc1ccc(OS(=O)(=O)c2ccc(C)cc2)cc1. The molecule has 6 heteroatoms. The van der Waals surface area contributed by atoms with E-state index in [0.717, 1.165) is 11.1 Å². The molecule has 0 bridgehead atoms. The fourth-order valence-electron chi connectivity index (χ4n) is 2.26. The van der Waals surface area contributed by atoms with Crippen molar-refractivity contribution in [2.24, 2.45) is 0 Å².